The van der Waals surface area contributed by atoms with Gasteiger partial charge in [-0.25, -0.2) is 0 Å². The Balaban J connectivity index is 1.41. The molecule has 1 saturated heterocycles. The fourth-order valence-corrected chi connectivity index (χ4v) is 3.20. The molecule has 0 atom stereocenters. The summed E-state index contributed by atoms with van der Waals surface area (Å²) in [5, 5.41) is 10.3. The lowest BCUT2D eigenvalue weighted by Crippen LogP contribution is -2.52. The van der Waals surface area contributed by atoms with Crippen molar-refractivity contribution in [3.63, 3.8) is 0 Å². The maximum Gasteiger partial charge on any atom is 0.242 e. The van der Waals surface area contributed by atoms with Gasteiger partial charge in [0.15, 0.2) is 11.7 Å². The molecular weight excluding hydrogens is 368 g/mol. The van der Waals surface area contributed by atoms with Crippen molar-refractivity contribution in [1.29, 1.82) is 0 Å². The number of para-hydroxylation sites is 1. The number of anilines is 1. The molecule has 2 aromatic rings. The zero-order chi connectivity index (χ0) is 20.6. The van der Waals surface area contributed by atoms with Gasteiger partial charge in [0.05, 0.1) is 18.8 Å². The van der Waals surface area contributed by atoms with Gasteiger partial charge in [0, 0.05) is 45.0 Å². The van der Waals surface area contributed by atoms with Crippen LogP contribution in [0, 0.1) is 0 Å². The Morgan fingerprint density at radius 1 is 1.17 bits per heavy atom. The summed E-state index contributed by atoms with van der Waals surface area (Å²) in [6, 6.07) is 12.2. The summed E-state index contributed by atoms with van der Waals surface area (Å²) < 4.78 is 5.31. The number of nitrogens with one attached hydrogen (secondary N) is 2. The van der Waals surface area contributed by atoms with E-state index in [1.165, 1.54) is 5.69 Å². The molecular formula is C21H30N6O2. The molecule has 1 aromatic carbocycles. The van der Waals surface area contributed by atoms with E-state index < -0.39 is 0 Å². The van der Waals surface area contributed by atoms with Gasteiger partial charge in [-0.15, -0.1) is 0 Å². The third-order valence-electron chi connectivity index (χ3n) is 4.98. The van der Waals surface area contributed by atoms with Gasteiger partial charge in [0.1, 0.15) is 0 Å². The summed E-state index contributed by atoms with van der Waals surface area (Å²) in [5.41, 5.74) is 2.13. The van der Waals surface area contributed by atoms with Crippen molar-refractivity contribution < 1.29 is 9.32 Å². The molecule has 0 radical (unpaired) electrons. The molecule has 0 spiro atoms. The van der Waals surface area contributed by atoms with Crippen LogP contribution < -0.4 is 15.5 Å². The highest BCUT2D eigenvalue weighted by Crippen LogP contribution is 2.15. The molecule has 1 fully saturated rings. The molecule has 0 bridgehead atoms. The van der Waals surface area contributed by atoms with Crippen LogP contribution in [0.3, 0.4) is 0 Å². The number of aliphatic imine (C=N–C) groups is 1. The molecule has 29 heavy (non-hydrogen) atoms. The highest BCUT2D eigenvalue weighted by Gasteiger charge is 2.21. The topological polar surface area (TPSA) is 86.0 Å². The van der Waals surface area contributed by atoms with Crippen molar-refractivity contribution in [2.45, 2.75) is 26.3 Å². The number of aromatic nitrogens is 1. The lowest BCUT2D eigenvalue weighted by atomic mass is 10.1. The smallest absolute Gasteiger partial charge is 0.242 e. The molecule has 0 unspecified atom stereocenters. The summed E-state index contributed by atoms with van der Waals surface area (Å²) >= 11 is 0. The Morgan fingerprint density at radius 3 is 2.52 bits per heavy atom. The van der Waals surface area contributed by atoms with Crippen molar-refractivity contribution in [2.75, 3.05) is 44.7 Å². The molecule has 156 valence electrons. The van der Waals surface area contributed by atoms with Gasteiger partial charge in [-0.05, 0) is 18.1 Å². The van der Waals surface area contributed by atoms with E-state index in [0.717, 1.165) is 37.6 Å². The zero-order valence-electron chi connectivity index (χ0n) is 17.4. The fourth-order valence-electron chi connectivity index (χ4n) is 3.20. The molecule has 1 aromatic heterocycles. The van der Waals surface area contributed by atoms with Crippen LogP contribution >= 0.6 is 0 Å². The molecule has 0 aliphatic carbocycles. The SMILES string of the molecule is CN=C(NCC(=O)N1CCN(c2ccccc2)CC1)NCc1cc(C(C)C)no1. The Kier molecular flexibility index (Phi) is 7.10. The Labute approximate surface area is 172 Å². The molecule has 8 heteroatoms. The van der Waals surface area contributed by atoms with E-state index in [4.69, 9.17) is 4.52 Å². The zero-order valence-corrected chi connectivity index (χ0v) is 17.4. The van der Waals surface area contributed by atoms with Gasteiger partial charge in [0.2, 0.25) is 5.91 Å². The first-order chi connectivity index (χ1) is 14.1. The number of nitrogens with zero attached hydrogens (tertiary/aromatic N) is 4. The number of hydrogen-bond acceptors (Lipinski definition) is 5. The first-order valence-electron chi connectivity index (χ1n) is 10.0. The number of benzene rings is 1. The van der Waals surface area contributed by atoms with E-state index in [0.29, 0.717) is 18.4 Å². The van der Waals surface area contributed by atoms with Crippen LogP contribution in [0.1, 0.15) is 31.2 Å². The quantitative estimate of drug-likeness (QED) is 0.570. The van der Waals surface area contributed by atoms with E-state index in [1.54, 1.807) is 7.05 Å². The van der Waals surface area contributed by atoms with Gasteiger partial charge in [-0.1, -0.05) is 37.2 Å². The number of piperazine rings is 1. The Bertz CT molecular complexity index is 810. The molecule has 2 N–H and O–H groups in total. The standard InChI is InChI=1S/C21H30N6O2/c1-16(2)19-13-18(29-25-19)14-23-21(22-3)24-15-20(28)27-11-9-26(10-12-27)17-7-5-4-6-8-17/h4-8,13,16H,9-12,14-15H2,1-3H3,(H2,22,23,24). The van der Waals surface area contributed by atoms with E-state index in [2.05, 4.69) is 51.7 Å². The Morgan fingerprint density at radius 2 is 1.90 bits per heavy atom. The molecule has 1 aliphatic heterocycles. The average Bonchev–Trinajstić information content (AvgIpc) is 3.24. The molecule has 0 saturated carbocycles. The van der Waals surface area contributed by atoms with E-state index in [1.807, 2.05) is 29.2 Å². The van der Waals surface area contributed by atoms with Gasteiger partial charge < -0.3 is 25.0 Å². The van der Waals surface area contributed by atoms with Crippen molar-refractivity contribution in [1.82, 2.24) is 20.7 Å². The third-order valence-corrected chi connectivity index (χ3v) is 4.98. The van der Waals surface area contributed by atoms with Gasteiger partial charge >= 0.3 is 0 Å². The summed E-state index contributed by atoms with van der Waals surface area (Å²) in [5.74, 6) is 1.69. The minimum Gasteiger partial charge on any atom is -0.368 e. The molecule has 1 amide bonds. The lowest BCUT2D eigenvalue weighted by Gasteiger charge is -2.36. The number of carbonyl (C=O) groups excluding carboxylic acids is 1. The highest BCUT2D eigenvalue weighted by molar-refractivity contribution is 5.86. The molecule has 3 rings (SSSR count). The third kappa shape index (κ3) is 5.73. The minimum absolute atomic E-state index is 0.0717. The minimum atomic E-state index is 0.0717. The number of rotatable bonds is 6. The second kappa shape index (κ2) is 9.95. The number of hydrogen-bond donors (Lipinski definition) is 2. The summed E-state index contributed by atoms with van der Waals surface area (Å²) in [7, 11) is 1.68. The maximum absolute atomic E-state index is 12.5. The summed E-state index contributed by atoms with van der Waals surface area (Å²) in [6.45, 7) is 7.93. The van der Waals surface area contributed by atoms with Crippen molar-refractivity contribution >= 4 is 17.6 Å². The second-order valence-electron chi connectivity index (χ2n) is 7.36. The number of carbonyl (C=O) groups is 1. The van der Waals surface area contributed by atoms with Crippen LogP contribution in [0.15, 0.2) is 45.9 Å². The fraction of sp³-hybridized carbons (Fsp3) is 0.476. The van der Waals surface area contributed by atoms with Crippen LogP contribution in [0.25, 0.3) is 0 Å². The van der Waals surface area contributed by atoms with Crippen LogP contribution in [0.4, 0.5) is 5.69 Å². The van der Waals surface area contributed by atoms with Crippen molar-refractivity contribution in [3.05, 3.63) is 47.9 Å². The molecule has 2 heterocycles. The predicted octanol–water partition coefficient (Wildman–Crippen LogP) is 1.81. The van der Waals surface area contributed by atoms with Gasteiger partial charge in [0.25, 0.3) is 0 Å². The van der Waals surface area contributed by atoms with Crippen molar-refractivity contribution in [3.8, 4) is 0 Å². The monoisotopic (exact) mass is 398 g/mol. The van der Waals surface area contributed by atoms with Crippen molar-refractivity contribution in [2.24, 2.45) is 4.99 Å². The number of guanidine groups is 1. The van der Waals surface area contributed by atoms with Gasteiger partial charge in [-0.3, -0.25) is 9.79 Å². The lowest BCUT2D eigenvalue weighted by molar-refractivity contribution is -0.130. The van der Waals surface area contributed by atoms with E-state index in [-0.39, 0.29) is 12.5 Å². The number of amides is 1. The molecule has 1 aliphatic rings. The van der Waals surface area contributed by atoms with Crippen LogP contribution in [-0.2, 0) is 11.3 Å². The van der Waals surface area contributed by atoms with E-state index in [9.17, 15) is 4.79 Å². The highest BCUT2D eigenvalue weighted by atomic mass is 16.5. The van der Waals surface area contributed by atoms with E-state index >= 15 is 0 Å². The maximum atomic E-state index is 12.5. The normalized spacial score (nSPS) is 15.0. The largest absolute Gasteiger partial charge is 0.368 e. The first-order valence-corrected chi connectivity index (χ1v) is 10.0. The van der Waals surface area contributed by atoms with Crippen LogP contribution in [0.5, 0.6) is 0 Å². The van der Waals surface area contributed by atoms with Crippen LogP contribution in [0.2, 0.25) is 0 Å². The summed E-state index contributed by atoms with van der Waals surface area (Å²) in [6.07, 6.45) is 0. The predicted molar refractivity (Wildman–Crippen MR) is 114 cm³/mol. The first kappa shape index (κ1) is 20.7. The molecule has 8 nitrogen and oxygen atoms in total. The van der Waals surface area contributed by atoms with Crippen LogP contribution in [-0.4, -0.2) is 61.7 Å². The van der Waals surface area contributed by atoms with Gasteiger partial charge in [-0.2, -0.15) is 0 Å². The second-order valence-corrected chi connectivity index (χ2v) is 7.36. The summed E-state index contributed by atoms with van der Waals surface area (Å²) in [4.78, 5) is 20.9. The average molecular weight is 399 g/mol. The Hall–Kier alpha value is -3.03.